The second-order valence-corrected chi connectivity index (χ2v) is 5.02. The van der Waals surface area contributed by atoms with Gasteiger partial charge in [0.15, 0.2) is 6.61 Å². The molecule has 0 radical (unpaired) electrons. The average molecular weight is 304 g/mol. The predicted octanol–water partition coefficient (Wildman–Crippen LogP) is 1.98. The van der Waals surface area contributed by atoms with E-state index in [2.05, 4.69) is 10.5 Å². The van der Waals surface area contributed by atoms with Gasteiger partial charge in [-0.3, -0.25) is 4.79 Å². The van der Waals surface area contributed by atoms with Gasteiger partial charge in [-0.25, -0.2) is 10.2 Å². The molecule has 0 saturated heterocycles. The molecule has 0 atom stereocenters. The zero-order chi connectivity index (χ0) is 15.1. The normalized spacial score (nSPS) is 10.5. The van der Waals surface area contributed by atoms with Crippen LogP contribution in [0.15, 0.2) is 47.6 Å². The topological polar surface area (TPSA) is 88.0 Å². The number of para-hydroxylation sites is 1. The fraction of sp³-hybridized carbons (Fsp3) is 0.0714. The van der Waals surface area contributed by atoms with Gasteiger partial charge in [0.1, 0.15) is 10.6 Å². The van der Waals surface area contributed by atoms with Crippen LogP contribution in [0.3, 0.4) is 0 Å². The van der Waals surface area contributed by atoms with Gasteiger partial charge in [-0.1, -0.05) is 18.2 Å². The molecule has 1 amide bonds. The third-order valence-electron chi connectivity index (χ3n) is 2.33. The molecule has 7 heteroatoms. The summed E-state index contributed by atoms with van der Waals surface area (Å²) in [6.45, 7) is -0.147. The van der Waals surface area contributed by atoms with E-state index in [1.54, 1.807) is 18.2 Å². The van der Waals surface area contributed by atoms with E-state index in [1.807, 2.05) is 18.2 Å². The summed E-state index contributed by atoms with van der Waals surface area (Å²) in [5.74, 6) is -0.786. The van der Waals surface area contributed by atoms with Crippen molar-refractivity contribution in [2.75, 3.05) is 6.61 Å². The number of amides is 1. The predicted molar refractivity (Wildman–Crippen MR) is 79.0 cm³/mol. The highest BCUT2D eigenvalue weighted by molar-refractivity contribution is 7.15. The van der Waals surface area contributed by atoms with E-state index in [0.717, 1.165) is 11.3 Å². The summed E-state index contributed by atoms with van der Waals surface area (Å²) in [7, 11) is 0. The van der Waals surface area contributed by atoms with Gasteiger partial charge >= 0.3 is 5.97 Å². The fourth-order valence-corrected chi connectivity index (χ4v) is 2.12. The van der Waals surface area contributed by atoms with Gasteiger partial charge in [-0.2, -0.15) is 5.10 Å². The number of nitrogens with one attached hydrogen (secondary N) is 1. The molecule has 2 N–H and O–H groups in total. The Kier molecular flexibility index (Phi) is 5.05. The molecule has 1 aromatic heterocycles. The van der Waals surface area contributed by atoms with E-state index < -0.39 is 11.9 Å². The number of ether oxygens (including phenoxy) is 1. The van der Waals surface area contributed by atoms with Crippen molar-refractivity contribution in [2.24, 2.45) is 5.10 Å². The first kappa shape index (κ1) is 14.7. The second kappa shape index (κ2) is 7.20. The Morgan fingerprint density at radius 3 is 2.67 bits per heavy atom. The molecule has 0 saturated carbocycles. The van der Waals surface area contributed by atoms with Crippen molar-refractivity contribution in [3.63, 3.8) is 0 Å². The smallest absolute Gasteiger partial charge is 0.345 e. The molecule has 0 spiro atoms. The van der Waals surface area contributed by atoms with Gasteiger partial charge in [0.25, 0.3) is 5.91 Å². The van der Waals surface area contributed by atoms with Crippen molar-refractivity contribution in [1.29, 1.82) is 0 Å². The zero-order valence-electron chi connectivity index (χ0n) is 10.9. The van der Waals surface area contributed by atoms with Crippen LogP contribution in [-0.4, -0.2) is 29.8 Å². The lowest BCUT2D eigenvalue weighted by atomic mass is 10.3. The number of hydrogen-bond acceptors (Lipinski definition) is 5. The molecule has 0 unspecified atom stereocenters. The number of carbonyl (C=O) groups is 2. The standard InChI is InChI=1S/C14H12N2O4S/c17-13(9-20-10-4-2-1-3-5-10)16-15-8-11-6-7-12(21-11)14(18)19/h1-8H,9H2,(H,16,17)(H,18,19). The molecular formula is C14H12N2O4S. The van der Waals surface area contributed by atoms with Crippen molar-refractivity contribution < 1.29 is 19.4 Å². The molecule has 1 heterocycles. The maximum atomic E-state index is 11.5. The monoisotopic (exact) mass is 304 g/mol. The number of rotatable bonds is 6. The first-order valence-electron chi connectivity index (χ1n) is 5.98. The SMILES string of the molecule is O=C(COc1ccccc1)NN=Cc1ccc(C(=O)O)s1. The Labute approximate surface area is 124 Å². The van der Waals surface area contributed by atoms with Crippen LogP contribution in [0.5, 0.6) is 5.75 Å². The number of hydrogen-bond donors (Lipinski definition) is 2. The minimum Gasteiger partial charge on any atom is -0.484 e. The highest BCUT2D eigenvalue weighted by Gasteiger charge is 2.05. The molecule has 108 valence electrons. The number of hydrazone groups is 1. The zero-order valence-corrected chi connectivity index (χ0v) is 11.7. The Morgan fingerprint density at radius 1 is 1.24 bits per heavy atom. The largest absolute Gasteiger partial charge is 0.484 e. The van der Waals surface area contributed by atoms with Gasteiger partial charge in [0.2, 0.25) is 0 Å². The number of nitrogens with zero attached hydrogens (tertiary/aromatic N) is 1. The van der Waals surface area contributed by atoms with Crippen molar-refractivity contribution in [3.8, 4) is 5.75 Å². The number of carbonyl (C=O) groups excluding carboxylic acids is 1. The fourth-order valence-electron chi connectivity index (χ4n) is 1.40. The van der Waals surface area contributed by atoms with Crippen LogP contribution in [0, 0.1) is 0 Å². The van der Waals surface area contributed by atoms with Gasteiger partial charge in [-0.15, -0.1) is 11.3 Å². The highest BCUT2D eigenvalue weighted by atomic mass is 32.1. The lowest BCUT2D eigenvalue weighted by Crippen LogP contribution is -2.24. The van der Waals surface area contributed by atoms with E-state index >= 15 is 0 Å². The molecule has 0 aliphatic rings. The Morgan fingerprint density at radius 2 is 2.00 bits per heavy atom. The van der Waals surface area contributed by atoms with Crippen LogP contribution in [0.4, 0.5) is 0 Å². The number of benzene rings is 1. The molecule has 6 nitrogen and oxygen atoms in total. The lowest BCUT2D eigenvalue weighted by Gasteiger charge is -2.03. The van der Waals surface area contributed by atoms with E-state index in [9.17, 15) is 9.59 Å². The van der Waals surface area contributed by atoms with Gasteiger partial charge in [-0.05, 0) is 24.3 Å². The summed E-state index contributed by atoms with van der Waals surface area (Å²) >= 11 is 1.07. The van der Waals surface area contributed by atoms with Crippen LogP contribution in [0.25, 0.3) is 0 Å². The Hall–Kier alpha value is -2.67. The average Bonchev–Trinajstić information content (AvgIpc) is 2.95. The van der Waals surface area contributed by atoms with Gasteiger partial charge in [0.05, 0.1) is 6.21 Å². The quantitative estimate of drug-likeness (QED) is 0.631. The van der Waals surface area contributed by atoms with E-state index in [0.29, 0.717) is 10.6 Å². The first-order valence-corrected chi connectivity index (χ1v) is 6.79. The molecule has 0 bridgehead atoms. The van der Waals surface area contributed by atoms with Crippen molar-refractivity contribution >= 4 is 29.4 Å². The van der Waals surface area contributed by atoms with E-state index in [1.165, 1.54) is 12.3 Å². The van der Waals surface area contributed by atoms with Crippen molar-refractivity contribution in [1.82, 2.24) is 5.43 Å². The maximum Gasteiger partial charge on any atom is 0.345 e. The van der Waals surface area contributed by atoms with Crippen molar-refractivity contribution in [3.05, 3.63) is 52.2 Å². The summed E-state index contributed by atoms with van der Waals surface area (Å²) < 4.78 is 5.25. The van der Waals surface area contributed by atoms with Crippen LogP contribution >= 0.6 is 11.3 Å². The Bertz CT molecular complexity index is 652. The summed E-state index contributed by atoms with van der Waals surface area (Å²) in [4.78, 5) is 23.0. The minimum atomic E-state index is -0.986. The molecule has 2 rings (SSSR count). The van der Waals surface area contributed by atoms with E-state index in [-0.39, 0.29) is 11.5 Å². The minimum absolute atomic E-state index is 0.147. The molecular weight excluding hydrogens is 292 g/mol. The van der Waals surface area contributed by atoms with Crippen LogP contribution in [0.1, 0.15) is 14.5 Å². The molecule has 21 heavy (non-hydrogen) atoms. The summed E-state index contributed by atoms with van der Waals surface area (Å²) in [5.41, 5.74) is 2.30. The number of aromatic carboxylic acids is 1. The molecule has 0 aliphatic carbocycles. The van der Waals surface area contributed by atoms with Crippen LogP contribution < -0.4 is 10.2 Å². The highest BCUT2D eigenvalue weighted by Crippen LogP contribution is 2.14. The summed E-state index contributed by atoms with van der Waals surface area (Å²) in [5, 5.41) is 12.5. The second-order valence-electron chi connectivity index (χ2n) is 3.90. The Balaban J connectivity index is 1.77. The number of carboxylic acid groups (broad SMARTS) is 1. The lowest BCUT2D eigenvalue weighted by molar-refractivity contribution is -0.123. The third kappa shape index (κ3) is 4.73. The summed E-state index contributed by atoms with van der Waals surface area (Å²) in [6, 6.07) is 12.1. The van der Waals surface area contributed by atoms with Gasteiger partial charge < -0.3 is 9.84 Å². The van der Waals surface area contributed by atoms with E-state index in [4.69, 9.17) is 9.84 Å². The maximum absolute atomic E-state index is 11.5. The molecule has 0 aliphatic heterocycles. The van der Waals surface area contributed by atoms with Crippen molar-refractivity contribution in [2.45, 2.75) is 0 Å². The number of thiophene rings is 1. The third-order valence-corrected chi connectivity index (χ3v) is 3.34. The van der Waals surface area contributed by atoms with Crippen LogP contribution in [0.2, 0.25) is 0 Å². The van der Waals surface area contributed by atoms with Gasteiger partial charge in [0, 0.05) is 4.88 Å². The van der Waals surface area contributed by atoms with Crippen LogP contribution in [-0.2, 0) is 4.79 Å². The number of carboxylic acids is 1. The first-order chi connectivity index (χ1) is 10.1. The molecule has 2 aromatic rings. The molecule has 0 fully saturated rings. The molecule has 1 aromatic carbocycles. The summed E-state index contributed by atoms with van der Waals surface area (Å²) in [6.07, 6.45) is 1.39.